The lowest BCUT2D eigenvalue weighted by atomic mass is 9.94. The van der Waals surface area contributed by atoms with E-state index in [4.69, 9.17) is 4.52 Å². The number of carbonyl (C=O) groups is 1. The number of hydrogen-bond acceptors (Lipinski definition) is 4. The maximum atomic E-state index is 13.5. The van der Waals surface area contributed by atoms with Gasteiger partial charge in [0.15, 0.2) is 11.5 Å². The third-order valence-corrected chi connectivity index (χ3v) is 5.73. The molecule has 4 nitrogen and oxygen atoms in total. The van der Waals surface area contributed by atoms with Gasteiger partial charge in [-0.1, -0.05) is 19.0 Å². The van der Waals surface area contributed by atoms with Crippen LogP contribution in [0.25, 0.3) is 0 Å². The molecule has 0 radical (unpaired) electrons. The van der Waals surface area contributed by atoms with Gasteiger partial charge >= 0.3 is 6.18 Å². The molecule has 1 saturated carbocycles. The summed E-state index contributed by atoms with van der Waals surface area (Å²) < 4.78 is 57.3. The Morgan fingerprint density at radius 2 is 2.00 bits per heavy atom. The van der Waals surface area contributed by atoms with Crippen LogP contribution < -0.4 is 0 Å². The van der Waals surface area contributed by atoms with Crippen LogP contribution >= 0.6 is 0 Å². The number of benzene rings is 1. The molecule has 1 atom stereocenters. The topological polar surface area (TPSA) is 60.2 Å². The van der Waals surface area contributed by atoms with Crippen LogP contribution in [0.5, 0.6) is 0 Å². The zero-order chi connectivity index (χ0) is 18.4. The number of ketones is 1. The van der Waals surface area contributed by atoms with Gasteiger partial charge in [-0.3, -0.25) is 9.00 Å². The Hall–Kier alpha value is -1.96. The average molecular weight is 371 g/mol. The van der Waals surface area contributed by atoms with Gasteiger partial charge < -0.3 is 4.52 Å². The molecule has 2 aromatic rings. The predicted molar refractivity (Wildman–Crippen MR) is 84.9 cm³/mol. The molecule has 0 N–H and O–H groups in total. The third kappa shape index (κ3) is 3.27. The number of carbonyl (C=O) groups excluding carboxylic acids is 1. The van der Waals surface area contributed by atoms with E-state index in [9.17, 15) is 22.2 Å². The van der Waals surface area contributed by atoms with Crippen LogP contribution in [0.1, 0.15) is 53.9 Å². The Kier molecular flexibility index (Phi) is 4.35. The van der Waals surface area contributed by atoms with Crippen molar-refractivity contribution in [1.29, 1.82) is 0 Å². The van der Waals surface area contributed by atoms with Gasteiger partial charge in [-0.25, -0.2) is 0 Å². The number of aromatic nitrogens is 1. The molecule has 1 aromatic carbocycles. The smallest absolute Gasteiger partial charge is 0.360 e. The fourth-order valence-corrected chi connectivity index (χ4v) is 3.46. The molecule has 1 aliphatic carbocycles. The molecule has 25 heavy (non-hydrogen) atoms. The van der Waals surface area contributed by atoms with Crippen molar-refractivity contribution in [3.8, 4) is 0 Å². The van der Waals surface area contributed by atoms with Crippen molar-refractivity contribution < 1.29 is 26.7 Å². The Morgan fingerprint density at radius 3 is 2.56 bits per heavy atom. The molecule has 1 aliphatic rings. The second-order valence-corrected chi connectivity index (χ2v) is 8.04. The first kappa shape index (κ1) is 17.8. The maximum absolute atomic E-state index is 13.5. The van der Waals surface area contributed by atoms with Crippen LogP contribution in [0.15, 0.2) is 33.8 Å². The molecular formula is C17H16F3NO3S. The van der Waals surface area contributed by atoms with Crippen molar-refractivity contribution in [2.24, 2.45) is 0 Å². The van der Waals surface area contributed by atoms with Crippen LogP contribution in [0.3, 0.4) is 0 Å². The first-order valence-corrected chi connectivity index (χ1v) is 9.09. The lowest BCUT2D eigenvalue weighted by molar-refractivity contribution is -0.138. The summed E-state index contributed by atoms with van der Waals surface area (Å²) in [4.78, 5) is 12.8. The molecule has 134 valence electrons. The number of hydrogen-bond donors (Lipinski definition) is 0. The predicted octanol–water partition coefficient (Wildman–Crippen LogP) is 4.10. The summed E-state index contributed by atoms with van der Waals surface area (Å²) in [5.74, 6) is -0.268. The normalized spacial score (nSPS) is 17.3. The molecule has 0 amide bonds. The summed E-state index contributed by atoms with van der Waals surface area (Å²) >= 11 is 0. The van der Waals surface area contributed by atoms with Gasteiger partial charge in [0.25, 0.3) is 0 Å². The highest BCUT2D eigenvalue weighted by Crippen LogP contribution is 2.49. The van der Waals surface area contributed by atoms with Crippen molar-refractivity contribution in [3.63, 3.8) is 0 Å². The first-order chi connectivity index (χ1) is 11.7. The van der Waals surface area contributed by atoms with E-state index in [2.05, 4.69) is 5.16 Å². The SMILES string of the molecule is CCS(=O)c1ccc(C(=O)c2cnoc2C2(C)CC2)c(C(F)(F)F)c1. The van der Waals surface area contributed by atoms with Gasteiger partial charge in [-0.2, -0.15) is 13.2 Å². The molecule has 8 heteroatoms. The highest BCUT2D eigenvalue weighted by molar-refractivity contribution is 7.85. The van der Waals surface area contributed by atoms with Gasteiger partial charge in [-0.05, 0) is 31.0 Å². The van der Waals surface area contributed by atoms with E-state index >= 15 is 0 Å². The Balaban J connectivity index is 2.09. The molecular weight excluding hydrogens is 355 g/mol. The van der Waals surface area contributed by atoms with Gasteiger partial charge in [0.05, 0.1) is 28.1 Å². The lowest BCUT2D eigenvalue weighted by Gasteiger charge is -2.14. The summed E-state index contributed by atoms with van der Waals surface area (Å²) in [6.45, 7) is 3.49. The standard InChI is InChI=1S/C17H16F3NO3S/c1-3-25(23)10-4-5-11(13(8-10)17(18,19)20)14(22)12-9-21-24-15(12)16(2)6-7-16/h4-5,8-9H,3,6-7H2,1-2H3. The van der Waals surface area contributed by atoms with Gasteiger partial charge in [-0.15, -0.1) is 0 Å². The van der Waals surface area contributed by atoms with E-state index in [1.54, 1.807) is 6.92 Å². The number of nitrogens with zero attached hydrogens (tertiary/aromatic N) is 1. The maximum Gasteiger partial charge on any atom is 0.417 e. The van der Waals surface area contributed by atoms with E-state index in [1.165, 1.54) is 12.3 Å². The number of rotatable bonds is 5. The lowest BCUT2D eigenvalue weighted by Crippen LogP contribution is -2.16. The van der Waals surface area contributed by atoms with E-state index < -0.39 is 33.9 Å². The van der Waals surface area contributed by atoms with E-state index in [0.717, 1.165) is 25.0 Å². The Bertz CT molecular complexity index is 853. The fourth-order valence-electron chi connectivity index (χ4n) is 2.66. The quantitative estimate of drug-likeness (QED) is 0.743. The zero-order valence-electron chi connectivity index (χ0n) is 13.6. The monoisotopic (exact) mass is 371 g/mol. The van der Waals surface area contributed by atoms with E-state index in [1.807, 2.05) is 6.92 Å². The van der Waals surface area contributed by atoms with Crippen LogP contribution in [0, 0.1) is 0 Å². The van der Waals surface area contributed by atoms with Gasteiger partial charge in [0.2, 0.25) is 0 Å². The Morgan fingerprint density at radius 1 is 1.32 bits per heavy atom. The van der Waals surface area contributed by atoms with Crippen molar-refractivity contribution in [1.82, 2.24) is 5.16 Å². The van der Waals surface area contributed by atoms with Crippen LogP contribution in [0.4, 0.5) is 13.2 Å². The highest BCUT2D eigenvalue weighted by atomic mass is 32.2. The Labute approximate surface area is 144 Å². The largest absolute Gasteiger partial charge is 0.417 e. The molecule has 1 heterocycles. The summed E-state index contributed by atoms with van der Waals surface area (Å²) in [6.07, 6.45) is -1.98. The summed E-state index contributed by atoms with van der Waals surface area (Å²) in [6, 6.07) is 3.17. The van der Waals surface area contributed by atoms with E-state index in [-0.39, 0.29) is 21.6 Å². The number of alkyl halides is 3. The minimum atomic E-state index is -4.74. The minimum Gasteiger partial charge on any atom is -0.360 e. The molecule has 1 aromatic heterocycles. The molecule has 0 aliphatic heterocycles. The minimum absolute atomic E-state index is 0.0473. The molecule has 0 bridgehead atoms. The van der Waals surface area contributed by atoms with Gasteiger partial charge in [0, 0.05) is 21.6 Å². The molecule has 0 saturated heterocycles. The van der Waals surface area contributed by atoms with E-state index in [0.29, 0.717) is 5.76 Å². The number of halogens is 3. The molecule has 3 rings (SSSR count). The van der Waals surface area contributed by atoms with Crippen molar-refractivity contribution >= 4 is 16.6 Å². The van der Waals surface area contributed by atoms with Crippen LogP contribution in [-0.2, 0) is 22.4 Å². The summed E-state index contributed by atoms with van der Waals surface area (Å²) in [5, 5.41) is 3.60. The first-order valence-electron chi connectivity index (χ1n) is 7.77. The van der Waals surface area contributed by atoms with Crippen molar-refractivity contribution in [2.45, 2.75) is 43.2 Å². The van der Waals surface area contributed by atoms with Crippen LogP contribution in [-0.4, -0.2) is 20.9 Å². The summed E-state index contributed by atoms with van der Waals surface area (Å²) in [5.41, 5.74) is -1.87. The zero-order valence-corrected chi connectivity index (χ0v) is 14.5. The van der Waals surface area contributed by atoms with Crippen LogP contribution in [0.2, 0.25) is 0 Å². The van der Waals surface area contributed by atoms with Crippen molar-refractivity contribution in [2.75, 3.05) is 5.75 Å². The highest BCUT2D eigenvalue weighted by Gasteiger charge is 2.46. The third-order valence-electron chi connectivity index (χ3n) is 4.43. The molecule has 1 fully saturated rings. The van der Waals surface area contributed by atoms with Crippen molar-refractivity contribution in [3.05, 3.63) is 46.8 Å². The average Bonchev–Trinajstić information content (AvgIpc) is 3.12. The molecule has 1 unspecified atom stereocenters. The summed E-state index contributed by atoms with van der Waals surface area (Å²) in [7, 11) is -1.54. The molecule has 0 spiro atoms. The fraction of sp³-hybridized carbons (Fsp3) is 0.412. The van der Waals surface area contributed by atoms with Gasteiger partial charge in [0.1, 0.15) is 0 Å². The second-order valence-electron chi connectivity index (χ2n) is 6.30. The second kappa shape index (κ2) is 6.09.